The fourth-order valence-electron chi connectivity index (χ4n) is 2.04. The molecule has 0 saturated carbocycles. The van der Waals surface area contributed by atoms with Crippen LogP contribution >= 0.6 is 0 Å². The number of hydrogen-bond acceptors (Lipinski definition) is 4. The standard InChI is InChI=1S/C16H19N2O3.Mn/c1-11-6-5-7-13(10-11)18(20)21-16(12(2)19)14-8-3-4-9-15(14)17;/h3-11,18-19H,17H2,1-2H3;/q-1;/b16-12-;. The first-order valence-corrected chi connectivity index (χ1v) is 6.69. The number of hydroxylamine groups is 2. The minimum Gasteiger partial charge on any atom is -0.587 e. The Morgan fingerprint density at radius 3 is 2.68 bits per heavy atom. The Morgan fingerprint density at radius 2 is 2.09 bits per heavy atom. The van der Waals surface area contributed by atoms with Gasteiger partial charge in [0.1, 0.15) is 5.76 Å². The molecule has 0 heterocycles. The number of aliphatic hydroxyl groups is 1. The van der Waals surface area contributed by atoms with Crippen molar-refractivity contribution in [3.63, 3.8) is 0 Å². The summed E-state index contributed by atoms with van der Waals surface area (Å²) in [5, 5.41) is 21.5. The normalized spacial score (nSPS) is 19.2. The molecule has 4 N–H and O–H groups in total. The van der Waals surface area contributed by atoms with Gasteiger partial charge >= 0.3 is 0 Å². The molecule has 1 radical (unpaired) electrons. The second-order valence-corrected chi connectivity index (χ2v) is 4.92. The first-order valence-electron chi connectivity index (χ1n) is 6.69. The third-order valence-corrected chi connectivity index (χ3v) is 3.10. The summed E-state index contributed by atoms with van der Waals surface area (Å²) in [6.45, 7) is 3.43. The maximum Gasteiger partial charge on any atom is 0.237 e. The molecule has 2 atom stereocenters. The first-order chi connectivity index (χ1) is 9.99. The van der Waals surface area contributed by atoms with Crippen molar-refractivity contribution in [1.82, 2.24) is 0 Å². The van der Waals surface area contributed by atoms with Crippen LogP contribution in [0.3, 0.4) is 0 Å². The summed E-state index contributed by atoms with van der Waals surface area (Å²) in [6.07, 6.45) is 7.27. The third-order valence-electron chi connectivity index (χ3n) is 3.10. The van der Waals surface area contributed by atoms with Crippen LogP contribution in [-0.4, -0.2) is 5.11 Å². The number of nitrogens with two attached hydrogens (primary N) is 1. The molecule has 0 spiro atoms. The van der Waals surface area contributed by atoms with E-state index in [1.807, 2.05) is 19.4 Å². The molecule has 1 aromatic carbocycles. The Morgan fingerprint density at radius 1 is 1.41 bits per heavy atom. The van der Waals surface area contributed by atoms with Gasteiger partial charge in [-0.3, -0.25) is 0 Å². The van der Waals surface area contributed by atoms with E-state index in [9.17, 15) is 10.3 Å². The van der Waals surface area contributed by atoms with Gasteiger partial charge in [-0.1, -0.05) is 25.0 Å². The molecule has 6 heteroatoms. The molecular weight excluding hydrogens is 323 g/mol. The summed E-state index contributed by atoms with van der Waals surface area (Å²) >= 11 is 0. The number of rotatable bonds is 4. The summed E-state index contributed by atoms with van der Waals surface area (Å²) in [6, 6.07) is 6.91. The molecule has 2 rings (SSSR count). The number of anilines is 1. The molecule has 0 aliphatic heterocycles. The van der Waals surface area contributed by atoms with Crippen molar-refractivity contribution < 1.29 is 32.2 Å². The Labute approximate surface area is 140 Å². The van der Waals surface area contributed by atoms with E-state index in [0.29, 0.717) is 16.9 Å². The van der Waals surface area contributed by atoms with Crippen LogP contribution in [0, 0.1) is 17.5 Å². The number of quaternary nitrogens is 1. The van der Waals surface area contributed by atoms with Gasteiger partial charge in [0.25, 0.3) is 0 Å². The Hall–Kier alpha value is -1.85. The van der Waals surface area contributed by atoms with Crippen LogP contribution in [-0.2, 0) is 21.9 Å². The molecule has 5 nitrogen and oxygen atoms in total. The van der Waals surface area contributed by atoms with E-state index in [4.69, 9.17) is 10.6 Å². The van der Waals surface area contributed by atoms with Crippen LogP contribution in [0.4, 0.5) is 5.69 Å². The molecule has 0 amide bonds. The summed E-state index contributed by atoms with van der Waals surface area (Å²) in [7, 11) is 0. The molecular formula is C16H19MnN2O3-. The van der Waals surface area contributed by atoms with Crippen molar-refractivity contribution >= 4 is 11.4 Å². The van der Waals surface area contributed by atoms with Crippen LogP contribution in [0.1, 0.15) is 19.4 Å². The molecule has 0 fully saturated rings. The van der Waals surface area contributed by atoms with Crippen LogP contribution in [0.15, 0.2) is 53.9 Å². The molecule has 22 heavy (non-hydrogen) atoms. The Bertz CT molecular complexity index is 607. The number of benzene rings is 1. The zero-order valence-electron chi connectivity index (χ0n) is 12.4. The van der Waals surface area contributed by atoms with Crippen molar-refractivity contribution in [2.45, 2.75) is 13.8 Å². The minimum absolute atomic E-state index is 0. The van der Waals surface area contributed by atoms with E-state index in [1.54, 1.807) is 36.4 Å². The Balaban J connectivity index is 0.00000242. The van der Waals surface area contributed by atoms with Crippen molar-refractivity contribution in [2.24, 2.45) is 5.92 Å². The van der Waals surface area contributed by atoms with Crippen LogP contribution in [0.25, 0.3) is 5.76 Å². The van der Waals surface area contributed by atoms with Gasteiger partial charge in [-0.2, -0.15) is 5.23 Å². The maximum absolute atomic E-state index is 12.2. The number of nitrogen functional groups attached to an aromatic ring is 1. The second-order valence-electron chi connectivity index (χ2n) is 4.92. The van der Waals surface area contributed by atoms with Gasteiger partial charge < -0.3 is 20.9 Å². The molecule has 2 unspecified atom stereocenters. The smallest absolute Gasteiger partial charge is 0.237 e. The van der Waals surface area contributed by atoms with Crippen molar-refractivity contribution in [1.29, 1.82) is 0 Å². The molecule has 1 aliphatic carbocycles. The molecule has 1 aliphatic rings. The summed E-state index contributed by atoms with van der Waals surface area (Å²) in [5.74, 6) is 0.151. The van der Waals surface area contributed by atoms with Crippen LogP contribution in [0.2, 0.25) is 0 Å². The predicted octanol–water partition coefficient (Wildman–Crippen LogP) is 2.12. The van der Waals surface area contributed by atoms with Crippen molar-refractivity contribution in [3.05, 3.63) is 71.1 Å². The van der Waals surface area contributed by atoms with Gasteiger partial charge in [0, 0.05) is 22.8 Å². The van der Waals surface area contributed by atoms with E-state index in [0.717, 1.165) is 0 Å². The minimum atomic E-state index is -0.516. The monoisotopic (exact) mass is 342 g/mol. The number of nitrogens with one attached hydrogen (secondary N) is 1. The summed E-state index contributed by atoms with van der Waals surface area (Å²) in [4.78, 5) is 5.34. The summed E-state index contributed by atoms with van der Waals surface area (Å²) in [5.41, 5.74) is 7.25. The quantitative estimate of drug-likeness (QED) is 0.257. The summed E-state index contributed by atoms with van der Waals surface area (Å²) < 4.78 is 0. The number of hydrogen-bond donors (Lipinski definition) is 3. The molecule has 1 aromatic rings. The largest absolute Gasteiger partial charge is 0.587 e. The first kappa shape index (κ1) is 18.2. The van der Waals surface area contributed by atoms with Gasteiger partial charge in [0.2, 0.25) is 5.76 Å². The number of allylic oxidation sites excluding steroid dienone is 4. The van der Waals surface area contributed by atoms with Crippen LogP contribution < -0.4 is 11.0 Å². The van der Waals surface area contributed by atoms with Gasteiger partial charge in [0.05, 0.1) is 11.3 Å². The van der Waals surface area contributed by atoms with Gasteiger partial charge in [-0.25, -0.2) is 12.5 Å². The van der Waals surface area contributed by atoms with Crippen molar-refractivity contribution in [2.75, 3.05) is 5.73 Å². The number of para-hydroxylation sites is 1. The maximum atomic E-state index is 12.2. The number of aliphatic hydroxyl groups excluding tert-OH is 1. The molecule has 0 saturated heterocycles. The van der Waals surface area contributed by atoms with E-state index >= 15 is 0 Å². The molecule has 119 valence electrons. The fourth-order valence-corrected chi connectivity index (χ4v) is 2.04. The topological polar surface area (TPSA) is 83.0 Å². The van der Waals surface area contributed by atoms with E-state index in [1.165, 1.54) is 6.92 Å². The average molecular weight is 342 g/mol. The van der Waals surface area contributed by atoms with E-state index in [2.05, 4.69) is 0 Å². The third kappa shape index (κ3) is 4.32. The van der Waals surface area contributed by atoms with E-state index in [-0.39, 0.29) is 34.5 Å². The Kier molecular flexibility index (Phi) is 6.59. The second kappa shape index (κ2) is 7.96. The SMILES string of the molecule is C/C(O)=C(/O[NH+]([O-])C1=CC(C)[CH-]C=C1)c1ccccc1N.[Mn]. The van der Waals surface area contributed by atoms with E-state index < -0.39 is 5.23 Å². The molecule has 0 bridgehead atoms. The zero-order chi connectivity index (χ0) is 15.4. The van der Waals surface area contributed by atoms with Gasteiger partial charge in [-0.05, 0) is 25.1 Å². The average Bonchev–Trinajstić information content (AvgIpc) is 2.45. The molecule has 0 aromatic heterocycles. The van der Waals surface area contributed by atoms with Crippen LogP contribution in [0.5, 0.6) is 0 Å². The van der Waals surface area contributed by atoms with Gasteiger partial charge in [-0.15, -0.1) is 6.08 Å². The zero-order valence-corrected chi connectivity index (χ0v) is 13.6. The van der Waals surface area contributed by atoms with Gasteiger partial charge in [0.15, 0.2) is 0 Å². The van der Waals surface area contributed by atoms with Crippen molar-refractivity contribution in [3.8, 4) is 0 Å². The fraction of sp³-hybridized carbons (Fsp3) is 0.188. The predicted molar refractivity (Wildman–Crippen MR) is 82.2 cm³/mol.